The number of sulfonamides is 1. The van der Waals surface area contributed by atoms with Gasteiger partial charge in [0.1, 0.15) is 10.6 Å². The van der Waals surface area contributed by atoms with Gasteiger partial charge >= 0.3 is 0 Å². The van der Waals surface area contributed by atoms with E-state index in [0.29, 0.717) is 5.02 Å². The largest absolute Gasteiger partial charge is 0.495 e. The molecule has 7 heteroatoms. The molecule has 1 fully saturated rings. The Labute approximate surface area is 131 Å². The van der Waals surface area contributed by atoms with Gasteiger partial charge in [-0.15, -0.1) is 0 Å². The summed E-state index contributed by atoms with van der Waals surface area (Å²) in [6.45, 7) is 1.77. The van der Waals surface area contributed by atoms with E-state index in [2.05, 4.69) is 5.32 Å². The van der Waals surface area contributed by atoms with Crippen molar-refractivity contribution in [2.75, 3.05) is 27.2 Å². The lowest BCUT2D eigenvalue weighted by atomic mass is 10.1. The number of nitrogens with zero attached hydrogens (tertiary/aromatic N) is 1. The van der Waals surface area contributed by atoms with Gasteiger partial charge in [0.15, 0.2) is 0 Å². The topological polar surface area (TPSA) is 58.6 Å². The highest BCUT2D eigenvalue weighted by Crippen LogP contribution is 2.31. The molecule has 1 unspecified atom stereocenters. The van der Waals surface area contributed by atoms with E-state index in [1.165, 1.54) is 23.5 Å². The minimum Gasteiger partial charge on any atom is -0.495 e. The number of halogens is 1. The fraction of sp³-hybridized carbons (Fsp3) is 0.571. The fourth-order valence-corrected chi connectivity index (χ4v) is 4.28. The van der Waals surface area contributed by atoms with Crippen LogP contribution in [0.15, 0.2) is 23.1 Å². The summed E-state index contributed by atoms with van der Waals surface area (Å²) < 4.78 is 32.3. The molecule has 1 heterocycles. The van der Waals surface area contributed by atoms with Gasteiger partial charge in [0.25, 0.3) is 0 Å². The van der Waals surface area contributed by atoms with Crippen LogP contribution in [-0.4, -0.2) is 46.0 Å². The summed E-state index contributed by atoms with van der Waals surface area (Å²) in [5, 5.41) is 3.74. The highest BCUT2D eigenvalue weighted by Gasteiger charge is 2.30. The van der Waals surface area contributed by atoms with E-state index in [4.69, 9.17) is 16.3 Å². The van der Waals surface area contributed by atoms with Gasteiger partial charge in [0, 0.05) is 24.2 Å². The van der Waals surface area contributed by atoms with Crippen LogP contribution < -0.4 is 10.1 Å². The maximum Gasteiger partial charge on any atom is 0.246 e. The average molecular weight is 333 g/mol. The van der Waals surface area contributed by atoms with E-state index in [0.717, 1.165) is 32.4 Å². The zero-order valence-corrected chi connectivity index (χ0v) is 13.9. The SMILES string of the molecule is COc1cc(Cl)ccc1S(=O)(=O)N(C)C1CCCNCC1. The maximum absolute atomic E-state index is 12.8. The van der Waals surface area contributed by atoms with Crippen molar-refractivity contribution < 1.29 is 13.2 Å². The Balaban J connectivity index is 2.32. The lowest BCUT2D eigenvalue weighted by Gasteiger charge is -2.26. The molecule has 118 valence electrons. The second-order valence-corrected chi connectivity index (χ2v) is 7.55. The Morgan fingerprint density at radius 2 is 2.10 bits per heavy atom. The second kappa shape index (κ2) is 6.96. The molecular weight excluding hydrogens is 312 g/mol. The third-order valence-corrected chi connectivity index (χ3v) is 6.03. The Morgan fingerprint density at radius 3 is 2.81 bits per heavy atom. The van der Waals surface area contributed by atoms with Gasteiger partial charge in [-0.05, 0) is 44.5 Å². The van der Waals surface area contributed by atoms with Crippen molar-refractivity contribution >= 4 is 21.6 Å². The van der Waals surface area contributed by atoms with Crippen LogP contribution in [0, 0.1) is 0 Å². The predicted molar refractivity (Wildman–Crippen MR) is 83.5 cm³/mol. The van der Waals surface area contributed by atoms with Crippen LogP contribution in [0.3, 0.4) is 0 Å². The van der Waals surface area contributed by atoms with Crippen molar-refractivity contribution in [2.45, 2.75) is 30.2 Å². The fourth-order valence-electron chi connectivity index (χ4n) is 2.57. The highest BCUT2D eigenvalue weighted by molar-refractivity contribution is 7.89. The van der Waals surface area contributed by atoms with Gasteiger partial charge in [-0.2, -0.15) is 4.31 Å². The van der Waals surface area contributed by atoms with Crippen molar-refractivity contribution in [1.82, 2.24) is 9.62 Å². The minimum atomic E-state index is -3.59. The monoisotopic (exact) mass is 332 g/mol. The zero-order valence-electron chi connectivity index (χ0n) is 12.3. The number of nitrogens with one attached hydrogen (secondary N) is 1. The molecule has 21 heavy (non-hydrogen) atoms. The van der Waals surface area contributed by atoms with E-state index in [9.17, 15) is 8.42 Å². The third-order valence-electron chi connectivity index (χ3n) is 3.84. The number of rotatable bonds is 4. The van der Waals surface area contributed by atoms with Crippen LogP contribution in [0.4, 0.5) is 0 Å². The normalized spacial score (nSPS) is 20.3. The molecule has 0 radical (unpaired) electrons. The molecule has 2 rings (SSSR count). The van der Waals surface area contributed by atoms with Crippen molar-refractivity contribution in [1.29, 1.82) is 0 Å². The standard InChI is InChI=1S/C14H21ClN2O3S/c1-17(12-4-3-8-16-9-7-12)21(18,19)14-6-5-11(15)10-13(14)20-2/h5-6,10,12,16H,3-4,7-9H2,1-2H3. The van der Waals surface area contributed by atoms with Gasteiger partial charge in [-0.1, -0.05) is 11.6 Å². The lowest BCUT2D eigenvalue weighted by Crippen LogP contribution is -2.37. The summed E-state index contributed by atoms with van der Waals surface area (Å²) in [6, 6.07) is 4.60. The number of hydrogen-bond acceptors (Lipinski definition) is 4. The predicted octanol–water partition coefficient (Wildman–Crippen LogP) is 2.11. The van der Waals surface area contributed by atoms with E-state index in [1.807, 2.05) is 0 Å². The first kappa shape index (κ1) is 16.5. The average Bonchev–Trinajstić information content (AvgIpc) is 2.74. The highest BCUT2D eigenvalue weighted by atomic mass is 35.5. The van der Waals surface area contributed by atoms with E-state index < -0.39 is 10.0 Å². The van der Waals surface area contributed by atoms with Gasteiger partial charge in [0.05, 0.1) is 7.11 Å². The van der Waals surface area contributed by atoms with Crippen LogP contribution in [-0.2, 0) is 10.0 Å². The molecule has 1 aliphatic rings. The molecule has 1 saturated heterocycles. The van der Waals surface area contributed by atoms with Crippen molar-refractivity contribution in [3.05, 3.63) is 23.2 Å². The summed E-state index contributed by atoms with van der Waals surface area (Å²) in [7, 11) is -0.509. The lowest BCUT2D eigenvalue weighted by molar-refractivity contribution is 0.338. The molecule has 0 amide bonds. The van der Waals surface area contributed by atoms with Crippen LogP contribution in [0.2, 0.25) is 5.02 Å². The summed E-state index contributed by atoms with van der Waals surface area (Å²) in [5.74, 6) is 0.279. The molecule has 1 atom stereocenters. The molecule has 0 spiro atoms. The number of ether oxygens (including phenoxy) is 1. The summed E-state index contributed by atoms with van der Waals surface area (Å²) in [6.07, 6.45) is 2.65. The quantitative estimate of drug-likeness (QED) is 0.917. The van der Waals surface area contributed by atoms with Gasteiger partial charge in [-0.25, -0.2) is 8.42 Å². The minimum absolute atomic E-state index is 0.00499. The number of hydrogen-bond donors (Lipinski definition) is 1. The molecule has 1 N–H and O–H groups in total. The zero-order chi connectivity index (χ0) is 15.5. The Hall–Kier alpha value is -0.820. The molecule has 1 aromatic rings. The van der Waals surface area contributed by atoms with Gasteiger partial charge in [0.2, 0.25) is 10.0 Å². The van der Waals surface area contributed by atoms with Gasteiger partial charge < -0.3 is 10.1 Å². The van der Waals surface area contributed by atoms with Crippen molar-refractivity contribution in [2.24, 2.45) is 0 Å². The molecular formula is C14H21ClN2O3S. The molecule has 5 nitrogen and oxygen atoms in total. The first-order valence-corrected chi connectivity index (χ1v) is 8.81. The Bertz CT molecular complexity index is 584. The third kappa shape index (κ3) is 3.69. The first-order chi connectivity index (χ1) is 9.96. The van der Waals surface area contributed by atoms with Crippen molar-refractivity contribution in [3.8, 4) is 5.75 Å². The second-order valence-electron chi connectivity index (χ2n) is 5.15. The molecule has 0 saturated carbocycles. The molecule has 1 aliphatic heterocycles. The number of methoxy groups -OCH3 is 1. The maximum atomic E-state index is 12.8. The molecule has 1 aromatic carbocycles. The molecule has 0 aliphatic carbocycles. The van der Waals surface area contributed by atoms with Crippen LogP contribution >= 0.6 is 11.6 Å². The summed E-state index contributed by atoms with van der Waals surface area (Å²) in [4.78, 5) is 0.161. The Morgan fingerprint density at radius 1 is 1.33 bits per heavy atom. The molecule has 0 bridgehead atoms. The molecule has 0 aromatic heterocycles. The van der Waals surface area contributed by atoms with Crippen molar-refractivity contribution in [3.63, 3.8) is 0 Å². The number of benzene rings is 1. The van der Waals surface area contributed by atoms with Crippen LogP contribution in [0.1, 0.15) is 19.3 Å². The van der Waals surface area contributed by atoms with E-state index in [1.54, 1.807) is 13.1 Å². The van der Waals surface area contributed by atoms with E-state index >= 15 is 0 Å². The first-order valence-electron chi connectivity index (χ1n) is 6.99. The smallest absolute Gasteiger partial charge is 0.246 e. The summed E-state index contributed by atoms with van der Waals surface area (Å²) >= 11 is 5.90. The van der Waals surface area contributed by atoms with E-state index in [-0.39, 0.29) is 16.7 Å². The Kier molecular flexibility index (Phi) is 5.48. The van der Waals surface area contributed by atoms with Crippen LogP contribution in [0.25, 0.3) is 0 Å². The van der Waals surface area contributed by atoms with Crippen LogP contribution in [0.5, 0.6) is 5.75 Å². The van der Waals surface area contributed by atoms with Gasteiger partial charge in [-0.3, -0.25) is 0 Å². The summed E-state index contributed by atoms with van der Waals surface area (Å²) in [5.41, 5.74) is 0.